The molecule has 3 rings (SSSR count). The molecule has 1 N–H and O–H groups in total. The molecule has 22 heavy (non-hydrogen) atoms. The lowest BCUT2D eigenvalue weighted by atomic mass is 10.2. The van der Waals surface area contributed by atoms with Gasteiger partial charge in [0.2, 0.25) is 12.7 Å². The number of aryl methyl sites for hydroxylation is 1. The number of ether oxygens (including phenoxy) is 2. The van der Waals surface area contributed by atoms with Gasteiger partial charge in [0.25, 0.3) is 0 Å². The first-order chi connectivity index (χ1) is 10.7. The molecule has 2 heterocycles. The predicted molar refractivity (Wildman–Crippen MR) is 84.4 cm³/mol. The molecule has 1 amide bonds. The van der Waals surface area contributed by atoms with Crippen LogP contribution < -0.4 is 14.8 Å². The van der Waals surface area contributed by atoms with Crippen LogP contribution in [0.2, 0.25) is 0 Å². The van der Waals surface area contributed by atoms with Crippen molar-refractivity contribution in [2.24, 2.45) is 0 Å². The van der Waals surface area contributed by atoms with Crippen LogP contribution in [0, 0.1) is 0 Å². The van der Waals surface area contributed by atoms with Crippen LogP contribution in [0.5, 0.6) is 11.5 Å². The number of imidazole rings is 1. The van der Waals surface area contributed by atoms with Gasteiger partial charge in [-0.05, 0) is 26.0 Å². The van der Waals surface area contributed by atoms with Gasteiger partial charge >= 0.3 is 0 Å². The van der Waals surface area contributed by atoms with Crippen molar-refractivity contribution in [3.05, 3.63) is 30.6 Å². The van der Waals surface area contributed by atoms with Crippen LogP contribution in [0.15, 0.2) is 35.7 Å². The summed E-state index contributed by atoms with van der Waals surface area (Å²) >= 11 is 1.44. The molecule has 116 valence electrons. The summed E-state index contributed by atoms with van der Waals surface area (Å²) in [4.78, 5) is 16.6. The van der Waals surface area contributed by atoms with E-state index in [1.807, 2.05) is 24.6 Å². The zero-order valence-corrected chi connectivity index (χ0v) is 13.2. The third kappa shape index (κ3) is 3.04. The molecule has 0 saturated carbocycles. The summed E-state index contributed by atoms with van der Waals surface area (Å²) in [5.41, 5.74) is 0.695. The maximum absolute atomic E-state index is 12.3. The molecule has 7 heteroatoms. The smallest absolute Gasteiger partial charge is 0.237 e. The van der Waals surface area contributed by atoms with E-state index >= 15 is 0 Å². The Hall–Kier alpha value is -2.15. The number of anilines is 1. The van der Waals surface area contributed by atoms with Gasteiger partial charge in [0.15, 0.2) is 16.7 Å². The van der Waals surface area contributed by atoms with Crippen molar-refractivity contribution in [2.45, 2.75) is 30.8 Å². The molecule has 1 aliphatic rings. The first-order valence-electron chi connectivity index (χ1n) is 7.05. The molecule has 0 radical (unpaired) electrons. The van der Waals surface area contributed by atoms with Crippen LogP contribution >= 0.6 is 11.8 Å². The maximum atomic E-state index is 12.3. The number of hydrogen-bond donors (Lipinski definition) is 1. The Morgan fingerprint density at radius 2 is 2.27 bits per heavy atom. The highest BCUT2D eigenvalue weighted by Crippen LogP contribution is 2.34. The van der Waals surface area contributed by atoms with Crippen LogP contribution in [-0.4, -0.2) is 27.5 Å². The lowest BCUT2D eigenvalue weighted by Gasteiger charge is -2.12. The van der Waals surface area contributed by atoms with E-state index in [1.54, 1.807) is 24.4 Å². The van der Waals surface area contributed by atoms with Gasteiger partial charge in [-0.1, -0.05) is 11.8 Å². The van der Waals surface area contributed by atoms with Gasteiger partial charge in [0.05, 0.1) is 5.25 Å². The van der Waals surface area contributed by atoms with Gasteiger partial charge in [0, 0.05) is 30.7 Å². The third-order valence-corrected chi connectivity index (χ3v) is 4.43. The molecule has 0 saturated heterocycles. The Balaban J connectivity index is 1.64. The van der Waals surface area contributed by atoms with Crippen molar-refractivity contribution < 1.29 is 14.3 Å². The summed E-state index contributed by atoms with van der Waals surface area (Å²) < 4.78 is 12.6. The average molecular weight is 319 g/mol. The Morgan fingerprint density at radius 3 is 3.09 bits per heavy atom. The summed E-state index contributed by atoms with van der Waals surface area (Å²) in [5, 5.41) is 3.48. The van der Waals surface area contributed by atoms with E-state index in [2.05, 4.69) is 10.3 Å². The van der Waals surface area contributed by atoms with E-state index < -0.39 is 0 Å². The molecular formula is C15H17N3O3S. The molecule has 1 aliphatic heterocycles. The van der Waals surface area contributed by atoms with E-state index in [4.69, 9.17) is 9.47 Å². The van der Waals surface area contributed by atoms with Crippen molar-refractivity contribution in [3.8, 4) is 11.5 Å². The topological polar surface area (TPSA) is 65.4 Å². The minimum Gasteiger partial charge on any atom is -0.454 e. The second-order valence-electron chi connectivity index (χ2n) is 4.81. The van der Waals surface area contributed by atoms with Crippen molar-refractivity contribution >= 4 is 23.4 Å². The number of carbonyl (C=O) groups excluding carboxylic acids is 1. The number of nitrogens with one attached hydrogen (secondary N) is 1. The zero-order chi connectivity index (χ0) is 15.5. The molecular weight excluding hydrogens is 302 g/mol. The van der Waals surface area contributed by atoms with Crippen molar-refractivity contribution in [3.63, 3.8) is 0 Å². The van der Waals surface area contributed by atoms with Gasteiger partial charge in [-0.25, -0.2) is 4.98 Å². The normalized spacial score (nSPS) is 13.9. The fourth-order valence-electron chi connectivity index (χ4n) is 2.08. The third-order valence-electron chi connectivity index (χ3n) is 3.31. The summed E-state index contributed by atoms with van der Waals surface area (Å²) in [6.07, 6.45) is 3.65. The number of thioether (sulfide) groups is 1. The van der Waals surface area contributed by atoms with Crippen molar-refractivity contribution in [1.82, 2.24) is 9.55 Å². The highest BCUT2D eigenvalue weighted by atomic mass is 32.2. The van der Waals surface area contributed by atoms with Gasteiger partial charge < -0.3 is 19.4 Å². The number of carbonyl (C=O) groups is 1. The van der Waals surface area contributed by atoms with E-state index in [1.165, 1.54) is 11.8 Å². The lowest BCUT2D eigenvalue weighted by Crippen LogP contribution is -2.22. The monoisotopic (exact) mass is 319 g/mol. The van der Waals surface area contributed by atoms with Crippen molar-refractivity contribution in [2.75, 3.05) is 12.1 Å². The van der Waals surface area contributed by atoms with Gasteiger partial charge in [-0.15, -0.1) is 0 Å². The molecule has 1 aromatic carbocycles. The number of rotatable bonds is 5. The molecule has 1 aromatic heterocycles. The number of amides is 1. The molecule has 0 fully saturated rings. The molecule has 2 aromatic rings. The van der Waals surface area contributed by atoms with Crippen LogP contribution in [0.1, 0.15) is 13.8 Å². The summed E-state index contributed by atoms with van der Waals surface area (Å²) in [6.45, 7) is 4.96. The fourth-order valence-corrected chi connectivity index (χ4v) is 3.01. The van der Waals surface area contributed by atoms with Crippen LogP contribution in [-0.2, 0) is 11.3 Å². The molecule has 1 atom stereocenters. The zero-order valence-electron chi connectivity index (χ0n) is 12.4. The second kappa shape index (κ2) is 6.31. The number of fused-ring (bicyclic) bond motifs is 1. The minimum absolute atomic E-state index is 0.0745. The van der Waals surface area contributed by atoms with Crippen LogP contribution in [0.4, 0.5) is 5.69 Å². The van der Waals surface area contributed by atoms with Gasteiger partial charge in [-0.3, -0.25) is 4.79 Å². The summed E-state index contributed by atoms with van der Waals surface area (Å²) in [6, 6.07) is 5.36. The Bertz CT molecular complexity index is 686. The average Bonchev–Trinajstić information content (AvgIpc) is 3.15. The van der Waals surface area contributed by atoms with E-state index in [-0.39, 0.29) is 18.0 Å². The summed E-state index contributed by atoms with van der Waals surface area (Å²) in [5.74, 6) is 1.28. The second-order valence-corrected chi connectivity index (χ2v) is 6.12. The summed E-state index contributed by atoms with van der Waals surface area (Å²) in [7, 11) is 0. The van der Waals surface area contributed by atoms with E-state index in [0.29, 0.717) is 17.2 Å². The highest BCUT2D eigenvalue weighted by Gasteiger charge is 2.19. The Labute approximate surface area is 132 Å². The Morgan fingerprint density at radius 1 is 1.45 bits per heavy atom. The van der Waals surface area contributed by atoms with Gasteiger partial charge in [-0.2, -0.15) is 0 Å². The van der Waals surface area contributed by atoms with Crippen LogP contribution in [0.3, 0.4) is 0 Å². The first-order valence-corrected chi connectivity index (χ1v) is 7.93. The Kier molecular flexibility index (Phi) is 4.24. The number of hydrogen-bond acceptors (Lipinski definition) is 5. The van der Waals surface area contributed by atoms with Crippen LogP contribution in [0.25, 0.3) is 0 Å². The number of nitrogens with zero attached hydrogens (tertiary/aromatic N) is 2. The maximum Gasteiger partial charge on any atom is 0.237 e. The predicted octanol–water partition coefficient (Wildman–Crippen LogP) is 2.75. The van der Waals surface area contributed by atoms with Crippen molar-refractivity contribution in [1.29, 1.82) is 0 Å². The van der Waals surface area contributed by atoms with Gasteiger partial charge in [0.1, 0.15) is 0 Å². The molecule has 0 bridgehead atoms. The molecule has 0 aliphatic carbocycles. The van der Waals surface area contributed by atoms with E-state index in [0.717, 1.165) is 11.7 Å². The standard InChI is InChI=1S/C15H17N3O3S/c1-3-18-7-6-16-15(18)22-10(2)14(19)17-11-4-5-12-13(8-11)21-9-20-12/h4-8,10H,3,9H2,1-2H3,(H,17,19)/t10-/m1/s1. The number of benzene rings is 1. The molecule has 0 unspecified atom stereocenters. The lowest BCUT2D eigenvalue weighted by molar-refractivity contribution is -0.115. The largest absolute Gasteiger partial charge is 0.454 e. The molecule has 6 nitrogen and oxygen atoms in total. The molecule has 0 spiro atoms. The fraction of sp³-hybridized carbons (Fsp3) is 0.333. The SMILES string of the molecule is CCn1ccnc1S[C@H](C)C(=O)Nc1ccc2c(c1)OCO2. The minimum atomic E-state index is -0.252. The highest BCUT2D eigenvalue weighted by molar-refractivity contribution is 8.00. The first kappa shape index (κ1) is 14.8. The number of aromatic nitrogens is 2. The quantitative estimate of drug-likeness (QED) is 0.859. The van der Waals surface area contributed by atoms with E-state index in [9.17, 15) is 4.79 Å².